The van der Waals surface area contributed by atoms with Crippen LogP contribution >= 0.6 is 11.6 Å². The molecular weight excluding hydrogens is 494 g/mol. The molecule has 0 saturated heterocycles. The van der Waals surface area contributed by atoms with Crippen molar-refractivity contribution in [3.8, 4) is 5.75 Å². The number of ketones is 1. The van der Waals surface area contributed by atoms with Crippen LogP contribution in [0.5, 0.6) is 5.75 Å². The Morgan fingerprint density at radius 1 is 1.05 bits per heavy atom. The van der Waals surface area contributed by atoms with Crippen molar-refractivity contribution in [3.63, 3.8) is 0 Å². The second-order valence-corrected chi connectivity index (χ2v) is 9.32. The van der Waals surface area contributed by atoms with Crippen molar-refractivity contribution in [2.75, 3.05) is 20.3 Å². The molecular formula is C29H30ClNO6. The third-order valence-electron chi connectivity index (χ3n) is 6.79. The van der Waals surface area contributed by atoms with Gasteiger partial charge in [0.2, 0.25) is 0 Å². The Kier molecular flexibility index (Phi) is 8.03. The van der Waals surface area contributed by atoms with Gasteiger partial charge in [0.25, 0.3) is 0 Å². The lowest BCUT2D eigenvalue weighted by molar-refractivity contribution is -0.152. The molecule has 0 bridgehead atoms. The van der Waals surface area contributed by atoms with Crippen LogP contribution in [0, 0.1) is 5.92 Å². The van der Waals surface area contributed by atoms with Crippen molar-refractivity contribution in [1.29, 1.82) is 0 Å². The zero-order chi connectivity index (χ0) is 26.7. The van der Waals surface area contributed by atoms with E-state index in [1.807, 2.05) is 24.3 Å². The molecule has 0 saturated carbocycles. The fourth-order valence-corrected chi connectivity index (χ4v) is 5.47. The number of hydrogen-bond acceptors (Lipinski definition) is 7. The number of esters is 2. The molecule has 0 spiro atoms. The summed E-state index contributed by atoms with van der Waals surface area (Å²) in [5.41, 5.74) is 3.23. The number of rotatable bonds is 7. The Morgan fingerprint density at radius 3 is 2.46 bits per heavy atom. The summed E-state index contributed by atoms with van der Waals surface area (Å²) in [6.07, 6.45) is 0.353. The minimum atomic E-state index is -1.10. The predicted molar refractivity (Wildman–Crippen MR) is 139 cm³/mol. The minimum Gasteiger partial charge on any atom is -0.497 e. The van der Waals surface area contributed by atoms with Gasteiger partial charge >= 0.3 is 11.9 Å². The number of carbonyl (C=O) groups is 3. The van der Waals surface area contributed by atoms with Crippen molar-refractivity contribution >= 4 is 29.3 Å². The molecule has 8 heteroatoms. The average Bonchev–Trinajstić information content (AvgIpc) is 2.88. The van der Waals surface area contributed by atoms with Crippen LogP contribution in [-0.4, -0.2) is 38.0 Å². The average molecular weight is 524 g/mol. The van der Waals surface area contributed by atoms with Crippen LogP contribution in [0.15, 0.2) is 71.1 Å². The number of ether oxygens (including phenoxy) is 3. The Bertz CT molecular complexity index is 1300. The minimum absolute atomic E-state index is 0.138. The number of nitrogens with one attached hydrogen (secondary N) is 1. The van der Waals surface area contributed by atoms with Crippen molar-refractivity contribution in [3.05, 3.63) is 87.2 Å². The van der Waals surface area contributed by atoms with Gasteiger partial charge in [-0.15, -0.1) is 0 Å². The van der Waals surface area contributed by atoms with E-state index in [2.05, 4.69) is 5.32 Å². The first-order chi connectivity index (χ1) is 17.8. The van der Waals surface area contributed by atoms with Crippen LogP contribution in [0.4, 0.5) is 0 Å². The molecule has 1 heterocycles. The number of benzene rings is 2. The van der Waals surface area contributed by atoms with Gasteiger partial charge in [0.05, 0.1) is 25.9 Å². The van der Waals surface area contributed by atoms with E-state index in [1.165, 1.54) is 0 Å². The van der Waals surface area contributed by atoms with Gasteiger partial charge in [0.1, 0.15) is 11.7 Å². The van der Waals surface area contributed by atoms with Gasteiger partial charge in [-0.05, 0) is 56.5 Å². The lowest BCUT2D eigenvalue weighted by Gasteiger charge is -2.39. The highest BCUT2D eigenvalue weighted by atomic mass is 35.5. The number of dihydropyridines is 1. The Hall–Kier alpha value is -3.58. The van der Waals surface area contributed by atoms with Crippen molar-refractivity contribution in [2.45, 2.75) is 39.0 Å². The molecule has 1 N–H and O–H groups in total. The van der Waals surface area contributed by atoms with Crippen molar-refractivity contribution in [1.82, 2.24) is 5.32 Å². The summed E-state index contributed by atoms with van der Waals surface area (Å²) in [4.78, 5) is 40.7. The molecule has 0 aromatic heterocycles. The van der Waals surface area contributed by atoms with Crippen LogP contribution < -0.4 is 10.1 Å². The van der Waals surface area contributed by atoms with Crippen molar-refractivity contribution in [2.24, 2.45) is 5.92 Å². The van der Waals surface area contributed by atoms with E-state index in [4.69, 9.17) is 25.8 Å². The summed E-state index contributed by atoms with van der Waals surface area (Å²) in [6, 6.07) is 14.4. The number of halogens is 1. The van der Waals surface area contributed by atoms with Crippen LogP contribution in [0.2, 0.25) is 5.02 Å². The van der Waals surface area contributed by atoms with Crippen LogP contribution in [0.1, 0.15) is 50.2 Å². The second kappa shape index (κ2) is 11.2. The van der Waals surface area contributed by atoms with Gasteiger partial charge in [-0.3, -0.25) is 9.59 Å². The fourth-order valence-electron chi connectivity index (χ4n) is 5.22. The molecule has 2 aromatic rings. The smallest absolute Gasteiger partial charge is 0.336 e. The van der Waals surface area contributed by atoms with Gasteiger partial charge in [0, 0.05) is 33.8 Å². The van der Waals surface area contributed by atoms with Gasteiger partial charge in [-0.25, -0.2) is 4.79 Å². The molecule has 7 nitrogen and oxygen atoms in total. The lowest BCUT2D eigenvalue weighted by Crippen LogP contribution is -2.43. The summed E-state index contributed by atoms with van der Waals surface area (Å²) in [5.74, 6) is -3.30. The van der Waals surface area contributed by atoms with E-state index < -0.39 is 35.5 Å². The number of allylic oxidation sites excluding steroid dienone is 3. The highest BCUT2D eigenvalue weighted by Gasteiger charge is 2.49. The Labute approximate surface area is 221 Å². The third kappa shape index (κ3) is 5.01. The molecule has 1 aliphatic heterocycles. The van der Waals surface area contributed by atoms with E-state index in [1.54, 1.807) is 52.1 Å². The lowest BCUT2D eigenvalue weighted by atomic mass is 9.67. The van der Waals surface area contributed by atoms with E-state index in [0.29, 0.717) is 45.3 Å². The second-order valence-electron chi connectivity index (χ2n) is 8.91. The normalized spacial score (nSPS) is 21.2. The van der Waals surface area contributed by atoms with Crippen LogP contribution in [0.3, 0.4) is 0 Å². The predicted octanol–water partition coefficient (Wildman–Crippen LogP) is 5.06. The SMILES string of the molecule is CCOC(=O)C1=C(C)NC2=C(C(=O)[C@H](C(=O)OCC)[C@H](c3cccc(OC)c3)C2)[C@H]1c1ccccc1Cl. The standard InChI is InChI=1S/C29H30ClNO6/c1-5-36-28(33)23-16(3)31-22-15-20(17-10-9-11-18(14-17)35-4)25(29(34)37-6-2)27(32)26(22)24(23)19-12-7-8-13-21(19)30/h7-14,20,24-25,31H,5-6,15H2,1-4H3/t20-,24-,25+/m0/s1. The van der Waals surface area contributed by atoms with Gasteiger partial charge in [0.15, 0.2) is 5.78 Å². The highest BCUT2D eigenvalue weighted by molar-refractivity contribution is 6.31. The maximum Gasteiger partial charge on any atom is 0.336 e. The molecule has 0 unspecified atom stereocenters. The molecule has 37 heavy (non-hydrogen) atoms. The van der Waals surface area contributed by atoms with E-state index in [0.717, 1.165) is 5.56 Å². The fraction of sp³-hybridized carbons (Fsp3) is 0.345. The number of carbonyl (C=O) groups excluding carboxylic acids is 3. The van der Waals surface area contributed by atoms with E-state index in [9.17, 15) is 14.4 Å². The molecule has 3 atom stereocenters. The number of Topliss-reactive ketones (excluding diaryl/α,β-unsaturated/α-hetero) is 1. The molecule has 4 rings (SSSR count). The Balaban J connectivity index is 1.91. The zero-order valence-electron chi connectivity index (χ0n) is 21.3. The zero-order valence-corrected chi connectivity index (χ0v) is 22.1. The molecule has 0 radical (unpaired) electrons. The first-order valence-electron chi connectivity index (χ1n) is 12.3. The maximum atomic E-state index is 14.3. The monoisotopic (exact) mass is 523 g/mol. The quantitative estimate of drug-likeness (QED) is 0.400. The Morgan fingerprint density at radius 2 is 1.78 bits per heavy atom. The maximum absolute atomic E-state index is 14.3. The molecule has 2 aliphatic rings. The topological polar surface area (TPSA) is 90.9 Å². The van der Waals surface area contributed by atoms with Crippen molar-refractivity contribution < 1.29 is 28.6 Å². The van der Waals surface area contributed by atoms with Gasteiger partial charge < -0.3 is 19.5 Å². The van der Waals surface area contributed by atoms with E-state index in [-0.39, 0.29) is 13.2 Å². The third-order valence-corrected chi connectivity index (χ3v) is 7.14. The summed E-state index contributed by atoms with van der Waals surface area (Å²) in [6.45, 7) is 5.52. The van der Waals surface area contributed by atoms with E-state index >= 15 is 0 Å². The summed E-state index contributed by atoms with van der Waals surface area (Å²) >= 11 is 6.60. The highest BCUT2D eigenvalue weighted by Crippen LogP contribution is 2.49. The van der Waals surface area contributed by atoms with Gasteiger partial charge in [-0.1, -0.05) is 41.9 Å². The number of hydrogen-bond donors (Lipinski definition) is 1. The van der Waals surface area contributed by atoms with Gasteiger partial charge in [-0.2, -0.15) is 0 Å². The molecule has 0 amide bonds. The summed E-state index contributed by atoms with van der Waals surface area (Å²) in [5, 5.41) is 3.70. The summed E-state index contributed by atoms with van der Waals surface area (Å²) < 4.78 is 16.1. The summed E-state index contributed by atoms with van der Waals surface area (Å²) in [7, 11) is 1.57. The largest absolute Gasteiger partial charge is 0.497 e. The molecule has 1 aliphatic carbocycles. The molecule has 2 aromatic carbocycles. The first-order valence-corrected chi connectivity index (χ1v) is 12.7. The van der Waals surface area contributed by atoms with Crippen LogP contribution in [0.25, 0.3) is 0 Å². The van der Waals surface area contributed by atoms with Crippen LogP contribution in [-0.2, 0) is 23.9 Å². The number of methoxy groups -OCH3 is 1. The first kappa shape index (κ1) is 26.5. The molecule has 0 fully saturated rings. The molecule has 194 valence electrons.